The fourth-order valence-electron chi connectivity index (χ4n) is 2.45. The summed E-state index contributed by atoms with van der Waals surface area (Å²) in [6.45, 7) is 6.46. The Kier molecular flexibility index (Phi) is 4.25. The molecule has 0 aromatic heterocycles. The molecule has 1 heterocycles. The summed E-state index contributed by atoms with van der Waals surface area (Å²) in [5.74, 6) is 0. The first kappa shape index (κ1) is 15.8. The van der Waals surface area contributed by atoms with Gasteiger partial charge in [-0.2, -0.15) is 5.10 Å². The first-order valence-electron chi connectivity index (χ1n) is 6.58. The highest BCUT2D eigenvalue weighted by Gasteiger charge is 2.28. The molecule has 1 aromatic carbocycles. The van der Waals surface area contributed by atoms with E-state index in [2.05, 4.69) is 49.3 Å². The molecule has 0 spiro atoms. The Bertz CT molecular complexity index is 649. The van der Waals surface area contributed by atoms with Crippen molar-refractivity contribution in [2.24, 2.45) is 10.8 Å². The predicted molar refractivity (Wildman–Crippen MR) is 95.1 cm³/mol. The molecule has 2 rings (SSSR count). The van der Waals surface area contributed by atoms with Gasteiger partial charge in [0.15, 0.2) is 5.11 Å². The maximum atomic E-state index is 6.35. The third kappa shape index (κ3) is 3.19. The quantitative estimate of drug-likeness (QED) is 0.499. The second kappa shape index (κ2) is 5.66. The Balaban J connectivity index is 2.46. The summed E-state index contributed by atoms with van der Waals surface area (Å²) >= 11 is 11.1. The van der Waals surface area contributed by atoms with Gasteiger partial charge in [0.25, 0.3) is 0 Å². The van der Waals surface area contributed by atoms with Gasteiger partial charge < -0.3 is 10.6 Å². The normalized spacial score (nSPS) is 16.6. The molecule has 0 saturated heterocycles. The van der Waals surface area contributed by atoms with Gasteiger partial charge in [0.05, 0.1) is 16.8 Å². The summed E-state index contributed by atoms with van der Waals surface area (Å²) < 4.78 is 0. The SMILES string of the molecule is CC1=CC(C)(C)N(C)c2cc(Cl)c(/C=N\NC(N)=S)cc21. The standard InChI is InChI=1S/C15H19ClN4S/c1-9-7-15(2,3)20(4)13-6-12(16)10(5-11(9)13)8-18-19-14(17)21/h5-8H,1-4H3,(H3,17,19,21)/b18-8-. The summed E-state index contributed by atoms with van der Waals surface area (Å²) in [5, 5.41) is 4.73. The average Bonchev–Trinajstić information content (AvgIpc) is 2.36. The van der Waals surface area contributed by atoms with Gasteiger partial charge in [-0.25, -0.2) is 0 Å². The number of thiocarbonyl (C=S) groups is 1. The number of benzene rings is 1. The lowest BCUT2D eigenvalue weighted by atomic mass is 9.88. The van der Waals surface area contributed by atoms with Crippen LogP contribution in [-0.4, -0.2) is 23.9 Å². The molecule has 3 N–H and O–H groups in total. The molecule has 1 aliphatic heterocycles. The topological polar surface area (TPSA) is 53.6 Å². The average molecular weight is 323 g/mol. The van der Waals surface area contributed by atoms with Crippen LogP contribution in [0.2, 0.25) is 5.02 Å². The van der Waals surface area contributed by atoms with Crippen molar-refractivity contribution >= 4 is 46.4 Å². The molecule has 0 fully saturated rings. The number of allylic oxidation sites excluding steroid dienone is 1. The Morgan fingerprint density at radius 2 is 2.14 bits per heavy atom. The largest absolute Gasteiger partial charge is 0.375 e. The van der Waals surface area contributed by atoms with E-state index in [0.29, 0.717) is 5.02 Å². The van der Waals surface area contributed by atoms with Crippen LogP contribution in [0.4, 0.5) is 5.69 Å². The van der Waals surface area contributed by atoms with Crippen LogP contribution in [0, 0.1) is 0 Å². The van der Waals surface area contributed by atoms with Crippen molar-refractivity contribution in [3.05, 3.63) is 34.4 Å². The van der Waals surface area contributed by atoms with Gasteiger partial charge in [0.2, 0.25) is 0 Å². The van der Waals surface area contributed by atoms with Crippen molar-refractivity contribution in [1.82, 2.24) is 5.43 Å². The monoisotopic (exact) mass is 322 g/mol. The smallest absolute Gasteiger partial charge is 0.184 e. The zero-order chi connectivity index (χ0) is 15.8. The number of hydrazone groups is 1. The Morgan fingerprint density at radius 1 is 1.48 bits per heavy atom. The lowest BCUT2D eigenvalue weighted by Gasteiger charge is -2.40. The number of nitrogens with one attached hydrogen (secondary N) is 1. The van der Waals surface area contributed by atoms with Crippen LogP contribution in [0.3, 0.4) is 0 Å². The van der Waals surface area contributed by atoms with Crippen LogP contribution in [0.1, 0.15) is 31.9 Å². The van der Waals surface area contributed by atoms with Crippen molar-refractivity contribution in [3.8, 4) is 0 Å². The van der Waals surface area contributed by atoms with Crippen molar-refractivity contribution < 1.29 is 0 Å². The van der Waals surface area contributed by atoms with Gasteiger partial charge in [-0.15, -0.1) is 0 Å². The fourth-order valence-corrected chi connectivity index (χ4v) is 2.71. The Hall–Kier alpha value is -1.59. The van der Waals surface area contributed by atoms with E-state index < -0.39 is 0 Å². The van der Waals surface area contributed by atoms with E-state index in [1.807, 2.05) is 12.1 Å². The minimum atomic E-state index is -0.0384. The number of halogens is 1. The first-order valence-corrected chi connectivity index (χ1v) is 7.36. The summed E-state index contributed by atoms with van der Waals surface area (Å²) in [5.41, 5.74) is 12.1. The molecule has 1 aromatic rings. The molecular weight excluding hydrogens is 304 g/mol. The summed E-state index contributed by atoms with van der Waals surface area (Å²) in [6, 6.07) is 4.00. The second-order valence-corrected chi connectivity index (χ2v) is 6.51. The molecule has 0 radical (unpaired) electrons. The Labute approximate surface area is 135 Å². The van der Waals surface area contributed by atoms with E-state index >= 15 is 0 Å². The maximum Gasteiger partial charge on any atom is 0.184 e. The number of rotatable bonds is 2. The van der Waals surface area contributed by atoms with Crippen LogP contribution in [0.5, 0.6) is 0 Å². The number of nitrogens with zero attached hydrogens (tertiary/aromatic N) is 2. The zero-order valence-electron chi connectivity index (χ0n) is 12.6. The van der Waals surface area contributed by atoms with E-state index in [0.717, 1.165) is 16.8 Å². The molecule has 112 valence electrons. The van der Waals surface area contributed by atoms with Crippen LogP contribution in [0.15, 0.2) is 23.3 Å². The third-order valence-corrected chi connectivity index (χ3v) is 4.13. The highest BCUT2D eigenvalue weighted by Crippen LogP contribution is 2.40. The van der Waals surface area contributed by atoms with Gasteiger partial charge in [0, 0.05) is 23.9 Å². The number of hydrogen-bond acceptors (Lipinski definition) is 3. The van der Waals surface area contributed by atoms with Crippen molar-refractivity contribution in [2.75, 3.05) is 11.9 Å². The van der Waals surface area contributed by atoms with Crippen LogP contribution in [-0.2, 0) is 0 Å². The van der Waals surface area contributed by atoms with Crippen molar-refractivity contribution in [3.63, 3.8) is 0 Å². The van der Waals surface area contributed by atoms with Gasteiger partial charge in [-0.1, -0.05) is 17.7 Å². The molecule has 0 saturated carbocycles. The summed E-state index contributed by atoms with van der Waals surface area (Å²) in [4.78, 5) is 2.22. The van der Waals surface area contributed by atoms with Gasteiger partial charge in [-0.05, 0) is 50.7 Å². The first-order chi connectivity index (χ1) is 9.72. The molecule has 21 heavy (non-hydrogen) atoms. The molecule has 0 amide bonds. The summed E-state index contributed by atoms with van der Waals surface area (Å²) in [7, 11) is 2.07. The lowest BCUT2D eigenvalue weighted by molar-refractivity contribution is 0.598. The third-order valence-electron chi connectivity index (χ3n) is 3.71. The second-order valence-electron chi connectivity index (χ2n) is 5.67. The minimum absolute atomic E-state index is 0.0384. The minimum Gasteiger partial charge on any atom is -0.375 e. The maximum absolute atomic E-state index is 6.35. The highest BCUT2D eigenvalue weighted by atomic mass is 35.5. The fraction of sp³-hybridized carbons (Fsp3) is 0.333. The number of nitrogens with two attached hydrogens (primary N) is 1. The zero-order valence-corrected chi connectivity index (χ0v) is 14.1. The molecule has 0 unspecified atom stereocenters. The van der Waals surface area contributed by atoms with Gasteiger partial charge in [-0.3, -0.25) is 5.43 Å². The van der Waals surface area contributed by atoms with Gasteiger partial charge in [0.1, 0.15) is 0 Å². The van der Waals surface area contributed by atoms with E-state index in [1.165, 1.54) is 5.57 Å². The van der Waals surface area contributed by atoms with E-state index in [-0.39, 0.29) is 10.7 Å². The van der Waals surface area contributed by atoms with Crippen molar-refractivity contribution in [1.29, 1.82) is 0 Å². The predicted octanol–water partition coefficient (Wildman–Crippen LogP) is 3.14. The number of anilines is 1. The highest BCUT2D eigenvalue weighted by molar-refractivity contribution is 7.80. The van der Waals surface area contributed by atoms with E-state index in [4.69, 9.17) is 29.6 Å². The number of hydrogen-bond donors (Lipinski definition) is 2. The molecule has 4 nitrogen and oxygen atoms in total. The number of likely N-dealkylation sites (N-methyl/N-ethyl adjacent to an activating group) is 1. The lowest BCUT2D eigenvalue weighted by Crippen LogP contribution is -2.42. The van der Waals surface area contributed by atoms with E-state index in [9.17, 15) is 0 Å². The summed E-state index contributed by atoms with van der Waals surface area (Å²) in [6.07, 6.45) is 3.87. The van der Waals surface area contributed by atoms with Crippen LogP contribution < -0.4 is 16.1 Å². The molecule has 1 aliphatic rings. The van der Waals surface area contributed by atoms with Crippen molar-refractivity contribution in [2.45, 2.75) is 26.3 Å². The Morgan fingerprint density at radius 3 is 2.76 bits per heavy atom. The number of fused-ring (bicyclic) bond motifs is 1. The molecule has 0 bridgehead atoms. The molecule has 0 atom stereocenters. The molecule has 0 aliphatic carbocycles. The van der Waals surface area contributed by atoms with Crippen LogP contribution >= 0.6 is 23.8 Å². The van der Waals surface area contributed by atoms with Gasteiger partial charge >= 0.3 is 0 Å². The molecular formula is C15H19ClN4S. The van der Waals surface area contributed by atoms with Crippen LogP contribution in [0.25, 0.3) is 5.57 Å². The molecule has 6 heteroatoms. The van der Waals surface area contributed by atoms with E-state index in [1.54, 1.807) is 6.21 Å².